The number of thiophene rings is 1. The molecule has 5 heteroatoms. The zero-order valence-electron chi connectivity index (χ0n) is 15.5. The fourth-order valence-electron chi connectivity index (χ4n) is 4.64. The van der Waals surface area contributed by atoms with Gasteiger partial charge in [0, 0.05) is 23.9 Å². The molecule has 1 spiro atoms. The van der Waals surface area contributed by atoms with Gasteiger partial charge in [-0.1, -0.05) is 12.8 Å². The van der Waals surface area contributed by atoms with Gasteiger partial charge in [-0.05, 0) is 63.5 Å². The van der Waals surface area contributed by atoms with Crippen molar-refractivity contribution < 1.29 is 14.3 Å². The molecule has 25 heavy (non-hydrogen) atoms. The van der Waals surface area contributed by atoms with Gasteiger partial charge in [0.05, 0.1) is 6.10 Å². The third-order valence-electron chi connectivity index (χ3n) is 5.81. The molecule has 0 radical (unpaired) electrons. The van der Waals surface area contributed by atoms with Gasteiger partial charge in [0.1, 0.15) is 11.2 Å². The van der Waals surface area contributed by atoms with Gasteiger partial charge in [-0.3, -0.25) is 0 Å². The molecule has 0 aromatic carbocycles. The van der Waals surface area contributed by atoms with Crippen LogP contribution in [0.5, 0.6) is 0 Å². The van der Waals surface area contributed by atoms with E-state index in [1.165, 1.54) is 36.1 Å². The molecule has 1 saturated carbocycles. The zero-order chi connectivity index (χ0) is 17.7. The smallest absolute Gasteiger partial charge is 0.410 e. The maximum atomic E-state index is 12.4. The van der Waals surface area contributed by atoms with Gasteiger partial charge >= 0.3 is 6.09 Å². The Bertz CT molecular complexity index is 640. The summed E-state index contributed by atoms with van der Waals surface area (Å²) in [5, 5.41) is 2.23. The second-order valence-electron chi connectivity index (χ2n) is 8.71. The van der Waals surface area contributed by atoms with Gasteiger partial charge in [-0.15, -0.1) is 11.3 Å². The molecule has 1 amide bonds. The van der Waals surface area contributed by atoms with E-state index in [1.807, 2.05) is 37.0 Å². The SMILES string of the molecule is CC(C)(C)OC(=O)N1CCC2(CC1)OC1CCCCC1c1ccsc12. The Morgan fingerprint density at radius 3 is 2.72 bits per heavy atom. The molecule has 4 nitrogen and oxygen atoms in total. The minimum Gasteiger partial charge on any atom is -0.444 e. The lowest BCUT2D eigenvalue weighted by Crippen LogP contribution is -2.51. The maximum Gasteiger partial charge on any atom is 0.410 e. The van der Waals surface area contributed by atoms with Crippen molar-refractivity contribution in [3.8, 4) is 0 Å². The van der Waals surface area contributed by atoms with Crippen molar-refractivity contribution in [3.63, 3.8) is 0 Å². The molecule has 0 N–H and O–H groups in total. The van der Waals surface area contributed by atoms with E-state index < -0.39 is 5.60 Å². The molecule has 1 aliphatic carbocycles. The molecule has 3 aliphatic rings. The first-order valence-corrected chi connectivity index (χ1v) is 10.5. The summed E-state index contributed by atoms with van der Waals surface area (Å²) in [7, 11) is 0. The Kier molecular flexibility index (Phi) is 4.35. The van der Waals surface area contributed by atoms with E-state index in [2.05, 4.69) is 11.4 Å². The van der Waals surface area contributed by atoms with Crippen LogP contribution >= 0.6 is 11.3 Å². The van der Waals surface area contributed by atoms with Crippen LogP contribution in [0.15, 0.2) is 11.4 Å². The number of likely N-dealkylation sites (tertiary alicyclic amines) is 1. The van der Waals surface area contributed by atoms with Crippen molar-refractivity contribution in [3.05, 3.63) is 21.9 Å². The van der Waals surface area contributed by atoms with Crippen LogP contribution in [0, 0.1) is 0 Å². The quantitative estimate of drug-likeness (QED) is 0.649. The van der Waals surface area contributed by atoms with Crippen LogP contribution in [-0.2, 0) is 15.1 Å². The summed E-state index contributed by atoms with van der Waals surface area (Å²) in [5.74, 6) is 0.588. The van der Waals surface area contributed by atoms with Crippen LogP contribution in [0.25, 0.3) is 0 Å². The third-order valence-corrected chi connectivity index (χ3v) is 6.93. The molecule has 0 bridgehead atoms. The number of fused-ring (bicyclic) bond motifs is 4. The van der Waals surface area contributed by atoms with Crippen LogP contribution < -0.4 is 0 Å². The van der Waals surface area contributed by atoms with E-state index in [-0.39, 0.29) is 11.7 Å². The van der Waals surface area contributed by atoms with Crippen molar-refractivity contribution in [2.45, 2.75) is 82.5 Å². The van der Waals surface area contributed by atoms with Crippen LogP contribution in [0.2, 0.25) is 0 Å². The van der Waals surface area contributed by atoms with Crippen molar-refractivity contribution in [1.82, 2.24) is 4.90 Å². The highest BCUT2D eigenvalue weighted by molar-refractivity contribution is 7.10. The second-order valence-corrected chi connectivity index (χ2v) is 9.63. The first kappa shape index (κ1) is 17.3. The number of hydrogen-bond acceptors (Lipinski definition) is 4. The number of carbonyl (C=O) groups is 1. The highest BCUT2D eigenvalue weighted by atomic mass is 32.1. The van der Waals surface area contributed by atoms with Gasteiger partial charge in [0.15, 0.2) is 0 Å². The molecule has 2 unspecified atom stereocenters. The Hall–Kier alpha value is -1.07. The van der Waals surface area contributed by atoms with Gasteiger partial charge < -0.3 is 14.4 Å². The van der Waals surface area contributed by atoms with Gasteiger partial charge in [0.2, 0.25) is 0 Å². The first-order valence-electron chi connectivity index (χ1n) is 9.62. The number of nitrogens with zero attached hydrogens (tertiary/aromatic N) is 1. The van der Waals surface area contributed by atoms with E-state index in [1.54, 1.807) is 0 Å². The van der Waals surface area contributed by atoms with Crippen LogP contribution in [0.3, 0.4) is 0 Å². The summed E-state index contributed by atoms with van der Waals surface area (Å²) in [6.07, 6.45) is 6.96. The molecule has 2 fully saturated rings. The van der Waals surface area contributed by atoms with Crippen molar-refractivity contribution in [2.75, 3.05) is 13.1 Å². The Morgan fingerprint density at radius 1 is 1.28 bits per heavy atom. The zero-order valence-corrected chi connectivity index (χ0v) is 16.4. The number of amides is 1. The largest absolute Gasteiger partial charge is 0.444 e. The van der Waals surface area contributed by atoms with E-state index in [4.69, 9.17) is 9.47 Å². The molecule has 1 saturated heterocycles. The van der Waals surface area contributed by atoms with Crippen molar-refractivity contribution in [2.24, 2.45) is 0 Å². The Balaban J connectivity index is 1.51. The molecule has 2 atom stereocenters. The minimum absolute atomic E-state index is 0.180. The topological polar surface area (TPSA) is 38.8 Å². The van der Waals surface area contributed by atoms with E-state index in [0.717, 1.165) is 12.8 Å². The van der Waals surface area contributed by atoms with Crippen LogP contribution in [0.1, 0.15) is 75.7 Å². The number of ether oxygens (including phenoxy) is 2. The third kappa shape index (κ3) is 3.21. The maximum absolute atomic E-state index is 12.4. The molecule has 138 valence electrons. The minimum atomic E-state index is -0.441. The molecule has 4 rings (SSSR count). The monoisotopic (exact) mass is 363 g/mol. The molecular weight excluding hydrogens is 334 g/mol. The predicted octanol–water partition coefficient (Wildman–Crippen LogP) is 5.03. The van der Waals surface area contributed by atoms with E-state index in [9.17, 15) is 4.79 Å². The predicted molar refractivity (Wildman–Crippen MR) is 99.1 cm³/mol. The van der Waals surface area contributed by atoms with Crippen molar-refractivity contribution in [1.29, 1.82) is 0 Å². The summed E-state index contributed by atoms with van der Waals surface area (Å²) < 4.78 is 12.3. The average molecular weight is 364 g/mol. The highest BCUT2D eigenvalue weighted by Crippen LogP contribution is 2.53. The summed E-state index contributed by atoms with van der Waals surface area (Å²) in [6.45, 7) is 7.18. The van der Waals surface area contributed by atoms with E-state index in [0.29, 0.717) is 25.1 Å². The number of rotatable bonds is 0. The highest BCUT2D eigenvalue weighted by Gasteiger charge is 2.49. The van der Waals surface area contributed by atoms with Crippen LogP contribution in [0.4, 0.5) is 4.79 Å². The summed E-state index contributed by atoms with van der Waals surface area (Å²) in [4.78, 5) is 15.7. The fourth-order valence-corrected chi connectivity index (χ4v) is 5.81. The standard InChI is InChI=1S/C20H29NO3S/c1-19(2,3)24-18(22)21-11-9-20(10-12-21)17-15(8-13-25-17)14-6-4-5-7-16(14)23-20/h8,13-14,16H,4-7,9-12H2,1-3H3. The summed E-state index contributed by atoms with van der Waals surface area (Å²) in [5.41, 5.74) is 0.913. The molecular formula is C20H29NO3S. The summed E-state index contributed by atoms with van der Waals surface area (Å²) >= 11 is 1.85. The van der Waals surface area contributed by atoms with Crippen molar-refractivity contribution >= 4 is 17.4 Å². The lowest BCUT2D eigenvalue weighted by molar-refractivity contribution is -0.153. The van der Waals surface area contributed by atoms with Gasteiger partial charge in [-0.25, -0.2) is 4.79 Å². The Labute approximate surface area is 154 Å². The molecule has 1 aromatic rings. The lowest BCUT2D eigenvalue weighted by atomic mass is 9.74. The lowest BCUT2D eigenvalue weighted by Gasteiger charge is -2.49. The molecule has 1 aromatic heterocycles. The summed E-state index contributed by atoms with van der Waals surface area (Å²) in [6, 6.07) is 2.33. The second kappa shape index (κ2) is 6.27. The molecule has 2 aliphatic heterocycles. The number of piperidine rings is 1. The number of hydrogen-bond donors (Lipinski definition) is 0. The average Bonchev–Trinajstić information content (AvgIpc) is 3.05. The molecule has 3 heterocycles. The van der Waals surface area contributed by atoms with Crippen LogP contribution in [-0.4, -0.2) is 35.8 Å². The normalized spacial score (nSPS) is 28.4. The number of carbonyl (C=O) groups excluding carboxylic acids is 1. The van der Waals surface area contributed by atoms with E-state index >= 15 is 0 Å². The van der Waals surface area contributed by atoms with Gasteiger partial charge in [-0.2, -0.15) is 0 Å². The Morgan fingerprint density at radius 2 is 2.00 bits per heavy atom. The fraction of sp³-hybridized carbons (Fsp3) is 0.750. The first-order chi connectivity index (χ1) is 11.9. The van der Waals surface area contributed by atoms with Gasteiger partial charge in [0.25, 0.3) is 0 Å².